The number of benzene rings is 3. The normalized spacial score (nSPS) is 15.1. The minimum absolute atomic E-state index is 0.199. The Hall–Kier alpha value is -4.46. The molecular formula is C32H23ClN2O4S. The van der Waals surface area contributed by atoms with E-state index in [0.29, 0.717) is 37.1 Å². The smallest absolute Gasteiger partial charge is 0.338 e. The summed E-state index contributed by atoms with van der Waals surface area (Å²) in [6.07, 6.45) is 1.71. The van der Waals surface area contributed by atoms with Crippen LogP contribution in [0.2, 0.25) is 5.02 Å². The van der Waals surface area contributed by atoms with E-state index in [1.165, 1.54) is 11.3 Å². The zero-order valence-electron chi connectivity index (χ0n) is 21.4. The highest BCUT2D eigenvalue weighted by Gasteiger charge is 2.35. The van der Waals surface area contributed by atoms with Crippen molar-refractivity contribution in [3.63, 3.8) is 0 Å². The number of carbonyl (C=O) groups excluding carboxylic acids is 1. The van der Waals surface area contributed by atoms with Crippen LogP contribution in [0.4, 0.5) is 0 Å². The molecule has 1 aliphatic rings. The maximum atomic E-state index is 13.9. The second kappa shape index (κ2) is 11.0. The Balaban J connectivity index is 1.55. The van der Waals surface area contributed by atoms with Crippen LogP contribution in [0.5, 0.6) is 0 Å². The van der Waals surface area contributed by atoms with Crippen molar-refractivity contribution >= 4 is 40.7 Å². The molecule has 6 nitrogen and oxygen atoms in total. The number of fused-ring (bicyclic) bond motifs is 1. The first kappa shape index (κ1) is 25.8. The van der Waals surface area contributed by atoms with Gasteiger partial charge in [-0.05, 0) is 48.9 Å². The van der Waals surface area contributed by atoms with E-state index in [4.69, 9.17) is 25.7 Å². The highest BCUT2D eigenvalue weighted by atomic mass is 35.5. The number of rotatable bonds is 6. The number of esters is 1. The number of thiazole rings is 1. The molecule has 0 unspecified atom stereocenters. The van der Waals surface area contributed by atoms with Crippen LogP contribution in [0.15, 0.2) is 117 Å². The molecule has 40 heavy (non-hydrogen) atoms. The topological polar surface area (TPSA) is 73.8 Å². The molecule has 5 aromatic rings. The van der Waals surface area contributed by atoms with Gasteiger partial charge in [-0.25, -0.2) is 9.79 Å². The van der Waals surface area contributed by atoms with Crippen molar-refractivity contribution in [2.75, 3.05) is 6.61 Å². The van der Waals surface area contributed by atoms with E-state index in [1.54, 1.807) is 29.7 Å². The molecule has 0 amide bonds. The van der Waals surface area contributed by atoms with Gasteiger partial charge in [-0.1, -0.05) is 83.6 Å². The number of aromatic nitrogens is 1. The average molecular weight is 567 g/mol. The molecular weight excluding hydrogens is 544 g/mol. The van der Waals surface area contributed by atoms with Gasteiger partial charge in [0, 0.05) is 22.2 Å². The molecule has 8 heteroatoms. The van der Waals surface area contributed by atoms with Crippen LogP contribution in [0.25, 0.3) is 23.1 Å². The molecule has 0 radical (unpaired) electrons. The molecule has 1 aliphatic heterocycles. The van der Waals surface area contributed by atoms with Crippen LogP contribution >= 0.6 is 22.9 Å². The third-order valence-electron chi connectivity index (χ3n) is 6.52. The maximum absolute atomic E-state index is 13.9. The highest BCUT2D eigenvalue weighted by Crippen LogP contribution is 2.35. The fourth-order valence-corrected chi connectivity index (χ4v) is 5.83. The van der Waals surface area contributed by atoms with Crippen molar-refractivity contribution in [2.24, 2.45) is 4.99 Å². The van der Waals surface area contributed by atoms with E-state index in [0.717, 1.165) is 16.7 Å². The van der Waals surface area contributed by atoms with Gasteiger partial charge in [-0.3, -0.25) is 9.36 Å². The van der Waals surface area contributed by atoms with Crippen molar-refractivity contribution in [2.45, 2.75) is 13.0 Å². The summed E-state index contributed by atoms with van der Waals surface area (Å²) in [6, 6.07) is 29.3. The first-order chi connectivity index (χ1) is 19.5. The maximum Gasteiger partial charge on any atom is 0.338 e. The summed E-state index contributed by atoms with van der Waals surface area (Å²) in [7, 11) is 0. The van der Waals surface area contributed by atoms with E-state index < -0.39 is 12.0 Å². The summed E-state index contributed by atoms with van der Waals surface area (Å²) in [6.45, 7) is 1.96. The van der Waals surface area contributed by atoms with Crippen LogP contribution in [0, 0.1) is 0 Å². The van der Waals surface area contributed by atoms with Crippen molar-refractivity contribution in [1.82, 2.24) is 4.57 Å². The molecule has 3 heterocycles. The Morgan fingerprint density at radius 2 is 1.68 bits per heavy atom. The van der Waals surface area contributed by atoms with E-state index >= 15 is 0 Å². The number of halogens is 1. The number of hydrogen-bond donors (Lipinski definition) is 0. The molecule has 6 rings (SSSR count). The Labute approximate surface area is 238 Å². The van der Waals surface area contributed by atoms with Crippen LogP contribution in [-0.2, 0) is 9.53 Å². The summed E-state index contributed by atoms with van der Waals surface area (Å²) in [4.78, 5) is 32.7. The third-order valence-corrected chi connectivity index (χ3v) is 7.75. The van der Waals surface area contributed by atoms with Gasteiger partial charge in [0.05, 0.1) is 28.5 Å². The molecule has 2 aromatic heterocycles. The molecule has 0 fully saturated rings. The lowest BCUT2D eigenvalue weighted by atomic mass is 9.93. The van der Waals surface area contributed by atoms with Gasteiger partial charge < -0.3 is 9.15 Å². The first-order valence-corrected chi connectivity index (χ1v) is 13.9. The van der Waals surface area contributed by atoms with E-state index in [1.807, 2.05) is 84.9 Å². The van der Waals surface area contributed by atoms with E-state index in [-0.39, 0.29) is 12.2 Å². The van der Waals surface area contributed by atoms with Gasteiger partial charge in [0.15, 0.2) is 4.80 Å². The molecule has 0 spiro atoms. The fraction of sp³-hybridized carbons (Fsp3) is 0.0938. The summed E-state index contributed by atoms with van der Waals surface area (Å²) >= 11 is 7.27. The minimum atomic E-state index is -0.713. The Bertz CT molecular complexity index is 1900. The lowest BCUT2D eigenvalue weighted by Gasteiger charge is -2.25. The van der Waals surface area contributed by atoms with Crippen LogP contribution < -0.4 is 14.9 Å². The van der Waals surface area contributed by atoms with Gasteiger partial charge in [0.25, 0.3) is 5.56 Å². The van der Waals surface area contributed by atoms with Gasteiger partial charge in [0.2, 0.25) is 0 Å². The molecule has 3 aromatic carbocycles. The molecule has 0 aliphatic carbocycles. The number of hydrogen-bond acceptors (Lipinski definition) is 6. The molecule has 1 atom stereocenters. The second-order valence-corrected chi connectivity index (χ2v) is 10.5. The Morgan fingerprint density at radius 3 is 2.38 bits per heavy atom. The molecule has 198 valence electrons. The summed E-state index contributed by atoms with van der Waals surface area (Å²) < 4.78 is 13.5. The predicted molar refractivity (Wildman–Crippen MR) is 157 cm³/mol. The fourth-order valence-electron chi connectivity index (χ4n) is 4.72. The molecule has 0 N–H and O–H groups in total. The van der Waals surface area contributed by atoms with Crippen molar-refractivity contribution in [1.29, 1.82) is 0 Å². The third kappa shape index (κ3) is 4.85. The largest absolute Gasteiger partial charge is 0.463 e. The summed E-state index contributed by atoms with van der Waals surface area (Å²) in [5.41, 5.74) is 2.97. The van der Waals surface area contributed by atoms with E-state index in [9.17, 15) is 9.59 Å². The van der Waals surface area contributed by atoms with Gasteiger partial charge >= 0.3 is 5.97 Å². The predicted octanol–water partition coefficient (Wildman–Crippen LogP) is 5.85. The molecule has 0 bridgehead atoms. The standard InChI is InChI=1S/C32H23ClN2O4S/c1-2-38-31(37)27-28(21-9-5-3-6-10-21)34-32-35(29(27)22-11-7-4-8-12-22)30(36)26(40-32)19-24-17-18-25(39-24)20-13-15-23(33)16-14-20/h3-19,29H,2H2,1H3/b26-19-/t29-/m0/s1. The zero-order valence-corrected chi connectivity index (χ0v) is 23.0. The molecule has 0 saturated carbocycles. The number of nitrogens with zero attached hydrogens (tertiary/aromatic N) is 2. The van der Waals surface area contributed by atoms with Crippen molar-refractivity contribution in [3.8, 4) is 11.3 Å². The SMILES string of the molecule is CCOC(=O)C1=C(c2ccccc2)N=c2s/c(=C\c3ccc(-c4ccc(Cl)cc4)o3)c(=O)n2[C@H]1c1ccccc1. The Morgan fingerprint density at radius 1 is 0.975 bits per heavy atom. The second-order valence-electron chi connectivity index (χ2n) is 9.05. The van der Waals surface area contributed by atoms with Crippen LogP contribution in [-0.4, -0.2) is 17.1 Å². The zero-order chi connectivity index (χ0) is 27.6. The lowest BCUT2D eigenvalue weighted by Crippen LogP contribution is -2.39. The minimum Gasteiger partial charge on any atom is -0.463 e. The summed E-state index contributed by atoms with van der Waals surface area (Å²) in [5, 5.41) is 0.640. The van der Waals surface area contributed by atoms with Crippen molar-refractivity contribution < 1.29 is 13.9 Å². The highest BCUT2D eigenvalue weighted by molar-refractivity contribution is 7.07. The van der Waals surface area contributed by atoms with Gasteiger partial charge in [-0.15, -0.1) is 0 Å². The number of ether oxygens (including phenoxy) is 1. The monoisotopic (exact) mass is 566 g/mol. The summed E-state index contributed by atoms with van der Waals surface area (Å²) in [5.74, 6) is 0.681. The quantitative estimate of drug-likeness (QED) is 0.242. The Kier molecular flexibility index (Phi) is 7.07. The first-order valence-electron chi connectivity index (χ1n) is 12.7. The molecule has 0 saturated heterocycles. The van der Waals surface area contributed by atoms with Crippen molar-refractivity contribution in [3.05, 3.63) is 144 Å². The van der Waals surface area contributed by atoms with Gasteiger partial charge in [0.1, 0.15) is 11.5 Å². The number of carbonyl (C=O) groups is 1. The average Bonchev–Trinajstić information content (AvgIpc) is 3.58. The van der Waals surface area contributed by atoms with E-state index in [2.05, 4.69) is 0 Å². The van der Waals surface area contributed by atoms with Gasteiger partial charge in [-0.2, -0.15) is 0 Å². The lowest BCUT2D eigenvalue weighted by molar-refractivity contribution is -0.138. The van der Waals surface area contributed by atoms with Crippen LogP contribution in [0.1, 0.15) is 29.9 Å². The number of furan rings is 1. The van der Waals surface area contributed by atoms with Crippen LogP contribution in [0.3, 0.4) is 0 Å².